The molecule has 1 aromatic carbocycles. The minimum atomic E-state index is 0.677. The average molecular weight is 260 g/mol. The first-order chi connectivity index (χ1) is 9.81. The molecule has 0 saturated heterocycles. The molecule has 0 bridgehead atoms. The maximum Gasteiger partial charge on any atom is 0.227 e. The van der Waals surface area contributed by atoms with E-state index in [1.54, 1.807) is 6.20 Å². The molecule has 0 N–H and O–H groups in total. The fourth-order valence-electron chi connectivity index (χ4n) is 2.41. The smallest absolute Gasteiger partial charge is 0.227 e. The number of aryl methyl sites for hydroxylation is 1. The summed E-state index contributed by atoms with van der Waals surface area (Å²) in [5.41, 5.74) is 4.68. The van der Waals surface area contributed by atoms with Crippen molar-refractivity contribution in [1.29, 1.82) is 0 Å². The Kier molecular flexibility index (Phi) is 2.33. The molecule has 0 atom stereocenters. The third kappa shape index (κ3) is 1.67. The number of aromatic nitrogens is 2. The van der Waals surface area contributed by atoms with Crippen molar-refractivity contribution >= 4 is 22.1 Å². The van der Waals surface area contributed by atoms with Gasteiger partial charge in [0.1, 0.15) is 5.58 Å². The molecule has 0 aliphatic carbocycles. The van der Waals surface area contributed by atoms with Gasteiger partial charge in [0.25, 0.3) is 0 Å². The Morgan fingerprint density at radius 2 is 1.90 bits per heavy atom. The van der Waals surface area contributed by atoms with Gasteiger partial charge >= 0.3 is 0 Å². The standard InChI is InChI=1S/C17H12N2O/c1-11-4-7-15(19-10-11)12-5-6-13-14-3-2-8-18-17(14)20-16(13)9-12/h2-10H,1H3. The van der Waals surface area contributed by atoms with Crippen LogP contribution in [0.15, 0.2) is 59.3 Å². The topological polar surface area (TPSA) is 38.9 Å². The monoisotopic (exact) mass is 260 g/mol. The second-order valence-corrected chi connectivity index (χ2v) is 4.89. The van der Waals surface area contributed by atoms with E-state index in [9.17, 15) is 0 Å². The van der Waals surface area contributed by atoms with Gasteiger partial charge in [-0.25, -0.2) is 4.98 Å². The molecule has 3 heterocycles. The lowest BCUT2D eigenvalue weighted by atomic mass is 10.1. The van der Waals surface area contributed by atoms with E-state index in [1.165, 1.54) is 0 Å². The largest absolute Gasteiger partial charge is 0.438 e. The number of hydrogen-bond donors (Lipinski definition) is 0. The van der Waals surface area contributed by atoms with Crippen LogP contribution in [0.5, 0.6) is 0 Å². The molecule has 0 spiro atoms. The van der Waals surface area contributed by atoms with Crippen molar-refractivity contribution in [3.8, 4) is 11.3 Å². The lowest BCUT2D eigenvalue weighted by Gasteiger charge is -2.01. The van der Waals surface area contributed by atoms with Crippen molar-refractivity contribution in [3.05, 3.63) is 60.4 Å². The van der Waals surface area contributed by atoms with Crippen LogP contribution in [0.2, 0.25) is 0 Å². The van der Waals surface area contributed by atoms with Crippen molar-refractivity contribution < 1.29 is 4.42 Å². The first kappa shape index (κ1) is 11.2. The molecule has 0 aliphatic rings. The number of fused-ring (bicyclic) bond motifs is 3. The number of nitrogens with zero attached hydrogens (tertiary/aromatic N) is 2. The molecule has 3 nitrogen and oxygen atoms in total. The third-order valence-corrected chi connectivity index (χ3v) is 3.46. The van der Waals surface area contributed by atoms with E-state index >= 15 is 0 Å². The molecule has 0 fully saturated rings. The van der Waals surface area contributed by atoms with Crippen LogP contribution in [0.25, 0.3) is 33.3 Å². The maximum absolute atomic E-state index is 5.80. The van der Waals surface area contributed by atoms with Crippen molar-refractivity contribution in [3.63, 3.8) is 0 Å². The lowest BCUT2D eigenvalue weighted by molar-refractivity contribution is 0.654. The second kappa shape index (κ2) is 4.17. The first-order valence-electron chi connectivity index (χ1n) is 6.51. The van der Waals surface area contributed by atoms with Gasteiger partial charge in [0.05, 0.1) is 5.69 Å². The Labute approximate surface area is 115 Å². The molecule has 0 aliphatic heterocycles. The normalized spacial score (nSPS) is 11.2. The zero-order valence-corrected chi connectivity index (χ0v) is 11.0. The summed E-state index contributed by atoms with van der Waals surface area (Å²) in [4.78, 5) is 8.70. The predicted molar refractivity (Wildman–Crippen MR) is 79.5 cm³/mol. The summed E-state index contributed by atoms with van der Waals surface area (Å²) in [6.45, 7) is 2.03. The lowest BCUT2D eigenvalue weighted by Crippen LogP contribution is -1.83. The molecular weight excluding hydrogens is 248 g/mol. The van der Waals surface area contributed by atoms with Crippen LogP contribution >= 0.6 is 0 Å². The SMILES string of the molecule is Cc1ccc(-c2ccc3c(c2)oc2ncccc23)nc1. The molecule has 0 saturated carbocycles. The Bertz CT molecular complexity index is 907. The summed E-state index contributed by atoms with van der Waals surface area (Å²) in [5, 5.41) is 2.13. The number of hydrogen-bond acceptors (Lipinski definition) is 3. The predicted octanol–water partition coefficient (Wildman–Crippen LogP) is 4.35. The van der Waals surface area contributed by atoms with Crippen LogP contribution in [0, 0.1) is 6.92 Å². The number of furan rings is 1. The molecular formula is C17H12N2O. The van der Waals surface area contributed by atoms with Gasteiger partial charge in [-0.05, 0) is 42.8 Å². The quantitative estimate of drug-likeness (QED) is 0.510. The van der Waals surface area contributed by atoms with E-state index in [0.717, 1.165) is 33.2 Å². The van der Waals surface area contributed by atoms with Gasteiger partial charge in [-0.2, -0.15) is 0 Å². The molecule has 4 rings (SSSR count). The van der Waals surface area contributed by atoms with Crippen molar-refractivity contribution in [1.82, 2.24) is 9.97 Å². The Morgan fingerprint density at radius 1 is 0.950 bits per heavy atom. The van der Waals surface area contributed by atoms with Crippen molar-refractivity contribution in [2.45, 2.75) is 6.92 Å². The average Bonchev–Trinajstić information content (AvgIpc) is 2.85. The van der Waals surface area contributed by atoms with Gasteiger partial charge in [0, 0.05) is 28.7 Å². The highest BCUT2D eigenvalue weighted by molar-refractivity contribution is 6.04. The van der Waals surface area contributed by atoms with Crippen LogP contribution < -0.4 is 0 Å². The van der Waals surface area contributed by atoms with Crippen LogP contribution in [0.1, 0.15) is 5.56 Å². The van der Waals surface area contributed by atoms with E-state index in [0.29, 0.717) is 5.71 Å². The van der Waals surface area contributed by atoms with Gasteiger partial charge in [-0.15, -0.1) is 0 Å². The van der Waals surface area contributed by atoms with Gasteiger partial charge in [-0.3, -0.25) is 4.98 Å². The molecule has 20 heavy (non-hydrogen) atoms. The van der Waals surface area contributed by atoms with Crippen LogP contribution in [-0.2, 0) is 0 Å². The second-order valence-electron chi connectivity index (χ2n) is 4.89. The molecule has 3 aromatic heterocycles. The minimum Gasteiger partial charge on any atom is -0.438 e. The zero-order chi connectivity index (χ0) is 13.5. The summed E-state index contributed by atoms with van der Waals surface area (Å²) >= 11 is 0. The Hall–Kier alpha value is -2.68. The maximum atomic E-state index is 5.80. The van der Waals surface area contributed by atoms with Crippen LogP contribution in [0.4, 0.5) is 0 Å². The van der Waals surface area contributed by atoms with E-state index in [-0.39, 0.29) is 0 Å². The van der Waals surface area contributed by atoms with Crippen LogP contribution in [-0.4, -0.2) is 9.97 Å². The van der Waals surface area contributed by atoms with Crippen molar-refractivity contribution in [2.75, 3.05) is 0 Å². The molecule has 0 amide bonds. The van der Waals surface area contributed by atoms with E-state index in [4.69, 9.17) is 4.42 Å². The van der Waals surface area contributed by atoms with Gasteiger partial charge < -0.3 is 4.42 Å². The molecule has 4 aromatic rings. The van der Waals surface area contributed by atoms with Gasteiger partial charge in [-0.1, -0.05) is 12.1 Å². The molecule has 96 valence electrons. The van der Waals surface area contributed by atoms with Crippen molar-refractivity contribution in [2.24, 2.45) is 0 Å². The highest BCUT2D eigenvalue weighted by Gasteiger charge is 2.08. The summed E-state index contributed by atoms with van der Waals surface area (Å²) in [6.07, 6.45) is 3.62. The molecule has 0 radical (unpaired) electrons. The summed E-state index contributed by atoms with van der Waals surface area (Å²) in [6, 6.07) is 14.2. The zero-order valence-electron chi connectivity index (χ0n) is 11.0. The Morgan fingerprint density at radius 3 is 2.75 bits per heavy atom. The fraction of sp³-hybridized carbons (Fsp3) is 0.0588. The number of benzene rings is 1. The minimum absolute atomic E-state index is 0.677. The number of rotatable bonds is 1. The van der Waals surface area contributed by atoms with E-state index in [1.807, 2.05) is 37.4 Å². The van der Waals surface area contributed by atoms with E-state index in [2.05, 4.69) is 28.2 Å². The number of pyridine rings is 2. The summed E-state index contributed by atoms with van der Waals surface area (Å²) < 4.78 is 5.80. The van der Waals surface area contributed by atoms with Crippen LogP contribution in [0.3, 0.4) is 0 Å². The first-order valence-corrected chi connectivity index (χ1v) is 6.51. The fourth-order valence-corrected chi connectivity index (χ4v) is 2.41. The van der Waals surface area contributed by atoms with E-state index < -0.39 is 0 Å². The highest BCUT2D eigenvalue weighted by Crippen LogP contribution is 2.30. The Balaban J connectivity index is 1.94. The highest BCUT2D eigenvalue weighted by atomic mass is 16.3. The molecule has 0 unspecified atom stereocenters. The summed E-state index contributed by atoms with van der Waals surface area (Å²) in [7, 11) is 0. The van der Waals surface area contributed by atoms with Gasteiger partial charge in [0.2, 0.25) is 5.71 Å². The summed E-state index contributed by atoms with van der Waals surface area (Å²) in [5.74, 6) is 0. The van der Waals surface area contributed by atoms with Gasteiger partial charge in [0.15, 0.2) is 0 Å². The third-order valence-electron chi connectivity index (χ3n) is 3.46. The molecule has 3 heteroatoms.